The average Bonchev–Trinajstić information content (AvgIpc) is 2.44. The molecule has 0 radical (unpaired) electrons. The Morgan fingerprint density at radius 1 is 1.47 bits per heavy atom. The Bertz CT molecular complexity index is 304. The second-order valence-electron chi connectivity index (χ2n) is 6.09. The molecule has 1 unspecified atom stereocenters. The molecule has 0 aromatic rings. The number of carbonyl (C=O) groups is 2. The van der Waals surface area contributed by atoms with Crippen LogP contribution in [0.25, 0.3) is 0 Å². The molecule has 98 valence electrons. The minimum Gasteiger partial charge on any atom is -0.443 e. The highest BCUT2D eigenvalue weighted by Crippen LogP contribution is 2.26. The van der Waals surface area contributed by atoms with Crippen LogP contribution in [0.15, 0.2) is 0 Å². The normalized spacial score (nSPS) is 21.2. The van der Waals surface area contributed by atoms with E-state index in [9.17, 15) is 9.59 Å². The highest BCUT2D eigenvalue weighted by molar-refractivity contribution is 5.95. The Labute approximate surface area is 103 Å². The number of nitrogens with zero attached hydrogens (tertiary/aromatic N) is 1. The first kappa shape index (κ1) is 14.0. The van der Waals surface area contributed by atoms with Crippen LogP contribution in [0.1, 0.15) is 47.5 Å². The van der Waals surface area contributed by atoms with E-state index >= 15 is 0 Å². The van der Waals surface area contributed by atoms with Gasteiger partial charge in [0, 0.05) is 12.5 Å². The van der Waals surface area contributed by atoms with Crippen LogP contribution in [0.5, 0.6) is 0 Å². The molecule has 1 heterocycles. The van der Waals surface area contributed by atoms with E-state index in [0.717, 1.165) is 12.8 Å². The second-order valence-corrected chi connectivity index (χ2v) is 6.09. The molecule has 17 heavy (non-hydrogen) atoms. The number of carbonyl (C=O) groups excluding carboxylic acids is 2. The summed E-state index contributed by atoms with van der Waals surface area (Å²) < 4.78 is 5.21. The van der Waals surface area contributed by atoms with Gasteiger partial charge in [-0.05, 0) is 39.5 Å². The highest BCUT2D eigenvalue weighted by atomic mass is 16.6. The number of likely N-dealkylation sites (tertiary alicyclic amines) is 1. The van der Waals surface area contributed by atoms with Crippen molar-refractivity contribution in [2.75, 3.05) is 6.54 Å². The van der Waals surface area contributed by atoms with Gasteiger partial charge in [0.1, 0.15) is 5.60 Å². The summed E-state index contributed by atoms with van der Waals surface area (Å²) in [4.78, 5) is 25.0. The van der Waals surface area contributed by atoms with Crippen LogP contribution in [0.4, 0.5) is 4.79 Å². The molecule has 4 nitrogen and oxygen atoms in total. The molecule has 1 aliphatic heterocycles. The van der Waals surface area contributed by atoms with Gasteiger partial charge in [0.25, 0.3) is 0 Å². The summed E-state index contributed by atoms with van der Waals surface area (Å²) in [5, 5.41) is 0. The van der Waals surface area contributed by atoms with Crippen molar-refractivity contribution in [2.45, 2.75) is 53.1 Å². The molecule has 0 aromatic heterocycles. The van der Waals surface area contributed by atoms with Crippen LogP contribution in [0.2, 0.25) is 0 Å². The first-order chi connectivity index (χ1) is 7.70. The van der Waals surface area contributed by atoms with Crippen molar-refractivity contribution in [2.24, 2.45) is 11.8 Å². The zero-order valence-electron chi connectivity index (χ0n) is 11.4. The monoisotopic (exact) mass is 241 g/mol. The summed E-state index contributed by atoms with van der Waals surface area (Å²) in [6.07, 6.45) is 1.10. The van der Waals surface area contributed by atoms with Crippen LogP contribution in [0, 0.1) is 11.8 Å². The quantitative estimate of drug-likeness (QED) is 0.746. The van der Waals surface area contributed by atoms with E-state index < -0.39 is 11.7 Å². The molecule has 1 saturated heterocycles. The number of ether oxygens (including phenoxy) is 1. The minimum atomic E-state index is -0.548. The van der Waals surface area contributed by atoms with Gasteiger partial charge in [-0.2, -0.15) is 0 Å². The summed E-state index contributed by atoms with van der Waals surface area (Å²) in [5.41, 5.74) is -0.548. The van der Waals surface area contributed by atoms with Gasteiger partial charge in [-0.25, -0.2) is 9.69 Å². The van der Waals surface area contributed by atoms with Crippen LogP contribution >= 0.6 is 0 Å². The van der Waals surface area contributed by atoms with Gasteiger partial charge in [0.15, 0.2) is 0 Å². The minimum absolute atomic E-state index is 0.0116. The average molecular weight is 241 g/mol. The number of imide groups is 1. The summed E-state index contributed by atoms with van der Waals surface area (Å²) in [5.74, 6) is 0.387. The van der Waals surface area contributed by atoms with Crippen LogP contribution in [-0.4, -0.2) is 29.0 Å². The van der Waals surface area contributed by atoms with Crippen molar-refractivity contribution < 1.29 is 14.3 Å². The van der Waals surface area contributed by atoms with Crippen molar-refractivity contribution >= 4 is 12.0 Å². The molecule has 1 atom stereocenters. The van der Waals surface area contributed by atoms with Gasteiger partial charge in [-0.3, -0.25) is 4.79 Å². The molecule has 0 aromatic carbocycles. The van der Waals surface area contributed by atoms with Gasteiger partial charge in [-0.1, -0.05) is 13.8 Å². The second kappa shape index (κ2) is 5.07. The maximum Gasteiger partial charge on any atom is 0.417 e. The fourth-order valence-electron chi connectivity index (χ4n) is 2.02. The van der Waals surface area contributed by atoms with Gasteiger partial charge >= 0.3 is 6.09 Å². The summed E-state index contributed by atoms with van der Waals surface area (Å²) >= 11 is 0. The SMILES string of the molecule is CC(C)CC1CCN(C(=O)OC(C)(C)C)C1=O. The molecule has 0 saturated carbocycles. The van der Waals surface area contributed by atoms with E-state index in [1.807, 2.05) is 0 Å². The zero-order chi connectivity index (χ0) is 13.2. The third-order valence-corrected chi connectivity index (χ3v) is 2.69. The molecular weight excluding hydrogens is 218 g/mol. The Balaban J connectivity index is 2.58. The van der Waals surface area contributed by atoms with E-state index in [1.165, 1.54) is 4.90 Å². The molecule has 0 aliphatic carbocycles. The predicted octanol–water partition coefficient (Wildman–Crippen LogP) is 2.82. The van der Waals surface area contributed by atoms with Gasteiger partial charge in [0.05, 0.1) is 0 Å². The topological polar surface area (TPSA) is 46.6 Å². The number of amides is 2. The standard InChI is InChI=1S/C13H23NO3/c1-9(2)8-10-6-7-14(11(10)15)12(16)17-13(3,4)5/h9-10H,6-8H2,1-5H3. The number of hydrogen-bond donors (Lipinski definition) is 0. The Morgan fingerprint density at radius 3 is 2.53 bits per heavy atom. The van der Waals surface area contributed by atoms with E-state index in [1.54, 1.807) is 20.8 Å². The molecule has 1 fully saturated rings. The molecule has 4 heteroatoms. The van der Waals surface area contributed by atoms with E-state index in [0.29, 0.717) is 12.5 Å². The third kappa shape index (κ3) is 4.02. The zero-order valence-corrected chi connectivity index (χ0v) is 11.4. The first-order valence-electron chi connectivity index (χ1n) is 6.25. The highest BCUT2D eigenvalue weighted by Gasteiger charge is 2.37. The Hall–Kier alpha value is -1.06. The van der Waals surface area contributed by atoms with Gasteiger partial charge in [0.2, 0.25) is 5.91 Å². The largest absolute Gasteiger partial charge is 0.443 e. The van der Waals surface area contributed by atoms with Crippen LogP contribution < -0.4 is 0 Å². The fraction of sp³-hybridized carbons (Fsp3) is 0.846. The first-order valence-corrected chi connectivity index (χ1v) is 6.25. The van der Waals surface area contributed by atoms with E-state index in [4.69, 9.17) is 4.74 Å². The maximum atomic E-state index is 12.0. The smallest absolute Gasteiger partial charge is 0.417 e. The lowest BCUT2D eigenvalue weighted by Crippen LogP contribution is -2.38. The third-order valence-electron chi connectivity index (χ3n) is 2.69. The molecular formula is C13H23NO3. The number of rotatable bonds is 2. The molecule has 2 amide bonds. The fourth-order valence-corrected chi connectivity index (χ4v) is 2.02. The van der Waals surface area contributed by atoms with Gasteiger partial charge < -0.3 is 4.74 Å². The predicted molar refractivity (Wildman–Crippen MR) is 65.5 cm³/mol. The number of hydrogen-bond acceptors (Lipinski definition) is 3. The molecule has 1 aliphatic rings. The molecule has 0 N–H and O–H groups in total. The molecule has 0 spiro atoms. The lowest BCUT2D eigenvalue weighted by atomic mass is 9.96. The van der Waals surface area contributed by atoms with Crippen molar-refractivity contribution in [3.05, 3.63) is 0 Å². The van der Waals surface area contributed by atoms with Crippen molar-refractivity contribution in [1.82, 2.24) is 4.90 Å². The van der Waals surface area contributed by atoms with Gasteiger partial charge in [-0.15, -0.1) is 0 Å². The summed E-state index contributed by atoms with van der Waals surface area (Å²) in [7, 11) is 0. The summed E-state index contributed by atoms with van der Waals surface area (Å²) in [6, 6.07) is 0. The molecule has 0 bridgehead atoms. The molecule has 1 rings (SSSR count). The summed E-state index contributed by atoms with van der Waals surface area (Å²) in [6.45, 7) is 10.1. The van der Waals surface area contributed by atoms with E-state index in [-0.39, 0.29) is 11.8 Å². The lowest BCUT2D eigenvalue weighted by Gasteiger charge is -2.23. The Morgan fingerprint density at radius 2 is 2.06 bits per heavy atom. The van der Waals surface area contributed by atoms with E-state index in [2.05, 4.69) is 13.8 Å². The lowest BCUT2D eigenvalue weighted by molar-refractivity contribution is -0.130. The van der Waals surface area contributed by atoms with Crippen molar-refractivity contribution in [3.8, 4) is 0 Å². The van der Waals surface area contributed by atoms with Crippen molar-refractivity contribution in [1.29, 1.82) is 0 Å². The van der Waals surface area contributed by atoms with Crippen molar-refractivity contribution in [3.63, 3.8) is 0 Å². The maximum absolute atomic E-state index is 12.0. The van der Waals surface area contributed by atoms with Crippen LogP contribution in [0.3, 0.4) is 0 Å². The van der Waals surface area contributed by atoms with Crippen LogP contribution in [-0.2, 0) is 9.53 Å². The Kier molecular flexibility index (Phi) is 4.17.